The van der Waals surface area contributed by atoms with Crippen molar-refractivity contribution in [2.24, 2.45) is 5.92 Å². The van der Waals surface area contributed by atoms with Crippen molar-refractivity contribution in [3.8, 4) is 0 Å². The van der Waals surface area contributed by atoms with Crippen molar-refractivity contribution in [2.45, 2.75) is 30.6 Å². The third kappa shape index (κ3) is 2.52. The van der Waals surface area contributed by atoms with Gasteiger partial charge in [-0.25, -0.2) is 13.1 Å². The zero-order chi connectivity index (χ0) is 12.6. The lowest BCUT2D eigenvalue weighted by Gasteiger charge is -2.18. The third-order valence-corrected chi connectivity index (χ3v) is 5.01. The van der Waals surface area contributed by atoms with E-state index < -0.39 is 10.0 Å². The molecule has 18 heavy (non-hydrogen) atoms. The summed E-state index contributed by atoms with van der Waals surface area (Å²) in [5.74, 6) is 0.555. The van der Waals surface area contributed by atoms with Gasteiger partial charge in [0.15, 0.2) is 0 Å². The first-order valence-corrected chi connectivity index (χ1v) is 8.00. The van der Waals surface area contributed by atoms with Crippen LogP contribution in [-0.2, 0) is 16.4 Å². The van der Waals surface area contributed by atoms with Crippen molar-refractivity contribution in [3.63, 3.8) is 0 Å². The zero-order valence-corrected chi connectivity index (χ0v) is 11.1. The van der Waals surface area contributed by atoms with Gasteiger partial charge in [-0.05, 0) is 55.4 Å². The van der Waals surface area contributed by atoms with Gasteiger partial charge in [0.1, 0.15) is 0 Å². The second kappa shape index (κ2) is 4.55. The standard InChI is InChI=1S/C13H18N2O2S/c16-18(17,15-9-10-3-4-10)12-5-6-13-11(8-12)2-1-7-14-13/h5-6,8,10,14-15H,1-4,7,9H2. The first-order valence-electron chi connectivity index (χ1n) is 6.52. The molecule has 2 N–H and O–H groups in total. The Kier molecular flexibility index (Phi) is 3.03. The maximum atomic E-state index is 12.1. The molecular formula is C13H18N2O2S. The highest BCUT2D eigenvalue weighted by Gasteiger charge is 2.24. The molecule has 98 valence electrons. The molecule has 5 heteroatoms. The minimum absolute atomic E-state index is 0.394. The van der Waals surface area contributed by atoms with Gasteiger partial charge in [0.05, 0.1) is 4.90 Å². The van der Waals surface area contributed by atoms with E-state index in [0.29, 0.717) is 17.4 Å². The van der Waals surface area contributed by atoms with Gasteiger partial charge >= 0.3 is 0 Å². The van der Waals surface area contributed by atoms with E-state index in [9.17, 15) is 8.42 Å². The van der Waals surface area contributed by atoms with Crippen LogP contribution in [0.1, 0.15) is 24.8 Å². The van der Waals surface area contributed by atoms with Crippen molar-refractivity contribution < 1.29 is 8.42 Å². The van der Waals surface area contributed by atoms with Crippen LogP contribution in [0.5, 0.6) is 0 Å². The highest BCUT2D eigenvalue weighted by atomic mass is 32.2. The summed E-state index contributed by atoms with van der Waals surface area (Å²) in [6.45, 7) is 1.55. The second-order valence-electron chi connectivity index (χ2n) is 5.14. The fourth-order valence-corrected chi connectivity index (χ4v) is 3.42. The summed E-state index contributed by atoms with van der Waals surface area (Å²) < 4.78 is 26.9. The average molecular weight is 266 g/mol. The van der Waals surface area contributed by atoms with Gasteiger partial charge in [-0.15, -0.1) is 0 Å². The fourth-order valence-electron chi connectivity index (χ4n) is 2.25. The number of benzene rings is 1. The normalized spacial score (nSPS) is 19.1. The number of anilines is 1. The van der Waals surface area contributed by atoms with Crippen LogP contribution in [0, 0.1) is 5.92 Å². The quantitative estimate of drug-likeness (QED) is 0.872. The molecule has 3 rings (SSSR count). The minimum atomic E-state index is -3.33. The van der Waals surface area contributed by atoms with Gasteiger partial charge < -0.3 is 5.32 Å². The Morgan fingerprint density at radius 2 is 2.17 bits per heavy atom. The van der Waals surface area contributed by atoms with E-state index in [4.69, 9.17) is 0 Å². The topological polar surface area (TPSA) is 58.2 Å². The third-order valence-electron chi connectivity index (χ3n) is 3.58. The Balaban J connectivity index is 1.81. The van der Waals surface area contributed by atoms with E-state index in [2.05, 4.69) is 10.0 Å². The van der Waals surface area contributed by atoms with Crippen LogP contribution in [0.25, 0.3) is 0 Å². The highest BCUT2D eigenvalue weighted by molar-refractivity contribution is 7.89. The van der Waals surface area contributed by atoms with Crippen LogP contribution in [0.15, 0.2) is 23.1 Å². The van der Waals surface area contributed by atoms with Crippen molar-refractivity contribution >= 4 is 15.7 Å². The fraction of sp³-hybridized carbons (Fsp3) is 0.538. The Hall–Kier alpha value is -1.07. The highest BCUT2D eigenvalue weighted by Crippen LogP contribution is 2.29. The number of hydrogen-bond acceptors (Lipinski definition) is 3. The van der Waals surface area contributed by atoms with Crippen LogP contribution in [0.2, 0.25) is 0 Å². The summed E-state index contributed by atoms with van der Waals surface area (Å²) in [6, 6.07) is 5.36. The predicted molar refractivity (Wildman–Crippen MR) is 71.2 cm³/mol. The summed E-state index contributed by atoms with van der Waals surface area (Å²) in [7, 11) is -3.33. The van der Waals surface area contributed by atoms with Gasteiger partial charge in [-0.2, -0.15) is 0 Å². The summed E-state index contributed by atoms with van der Waals surface area (Å²) in [5, 5.41) is 3.29. The van der Waals surface area contributed by atoms with Gasteiger partial charge in [0.25, 0.3) is 0 Å². The lowest BCUT2D eigenvalue weighted by molar-refractivity contribution is 0.577. The summed E-state index contributed by atoms with van der Waals surface area (Å²) in [5.41, 5.74) is 2.18. The maximum Gasteiger partial charge on any atom is 0.240 e. The number of fused-ring (bicyclic) bond motifs is 1. The average Bonchev–Trinajstić information content (AvgIpc) is 3.20. The molecule has 2 aliphatic rings. The number of nitrogens with one attached hydrogen (secondary N) is 2. The molecule has 1 aromatic carbocycles. The molecule has 4 nitrogen and oxygen atoms in total. The van der Waals surface area contributed by atoms with Crippen LogP contribution < -0.4 is 10.0 Å². The summed E-state index contributed by atoms with van der Waals surface area (Å²) in [4.78, 5) is 0.394. The van der Waals surface area contributed by atoms with Crippen molar-refractivity contribution in [2.75, 3.05) is 18.4 Å². The van der Waals surface area contributed by atoms with Gasteiger partial charge in [-0.3, -0.25) is 0 Å². The molecule has 1 saturated carbocycles. The Labute approximate surface area is 108 Å². The number of rotatable bonds is 4. The number of aryl methyl sites for hydroxylation is 1. The monoisotopic (exact) mass is 266 g/mol. The molecule has 0 aromatic heterocycles. The van der Waals surface area contributed by atoms with Gasteiger partial charge in [0, 0.05) is 18.8 Å². The SMILES string of the molecule is O=S(=O)(NCC1CC1)c1ccc2c(c1)CCCN2. The van der Waals surface area contributed by atoms with Crippen molar-refractivity contribution in [1.82, 2.24) is 4.72 Å². The smallest absolute Gasteiger partial charge is 0.240 e. The second-order valence-corrected chi connectivity index (χ2v) is 6.91. The minimum Gasteiger partial charge on any atom is -0.385 e. The first-order chi connectivity index (χ1) is 8.65. The molecule has 0 atom stereocenters. The predicted octanol–water partition coefficient (Wildman–Crippen LogP) is 1.73. The van der Waals surface area contributed by atoms with Gasteiger partial charge in [-0.1, -0.05) is 0 Å². The number of sulfonamides is 1. The van der Waals surface area contributed by atoms with Crippen LogP contribution in [0.4, 0.5) is 5.69 Å². The molecule has 0 bridgehead atoms. The van der Waals surface area contributed by atoms with Crippen LogP contribution >= 0.6 is 0 Å². The largest absolute Gasteiger partial charge is 0.385 e. The van der Waals surface area contributed by atoms with E-state index in [1.807, 2.05) is 6.07 Å². The van der Waals surface area contributed by atoms with E-state index >= 15 is 0 Å². The van der Waals surface area contributed by atoms with E-state index in [1.54, 1.807) is 12.1 Å². The molecule has 0 unspecified atom stereocenters. The van der Waals surface area contributed by atoms with Crippen molar-refractivity contribution in [1.29, 1.82) is 0 Å². The lowest BCUT2D eigenvalue weighted by Crippen LogP contribution is -2.26. The summed E-state index contributed by atoms with van der Waals surface area (Å²) in [6.07, 6.45) is 4.31. The lowest BCUT2D eigenvalue weighted by atomic mass is 10.0. The molecule has 0 spiro atoms. The molecule has 1 fully saturated rings. The Bertz CT molecular complexity index is 550. The Morgan fingerprint density at radius 1 is 1.33 bits per heavy atom. The first kappa shape index (κ1) is 12.0. The molecule has 1 aliphatic heterocycles. The van der Waals surface area contributed by atoms with Crippen molar-refractivity contribution in [3.05, 3.63) is 23.8 Å². The molecule has 1 aliphatic carbocycles. The molecule has 0 amide bonds. The van der Waals surface area contributed by atoms with E-state index in [-0.39, 0.29) is 0 Å². The number of hydrogen-bond donors (Lipinski definition) is 2. The molecule has 1 aromatic rings. The van der Waals surface area contributed by atoms with Crippen LogP contribution in [0.3, 0.4) is 0 Å². The van der Waals surface area contributed by atoms with E-state index in [0.717, 1.165) is 43.5 Å². The van der Waals surface area contributed by atoms with E-state index in [1.165, 1.54) is 0 Å². The maximum absolute atomic E-state index is 12.1. The van der Waals surface area contributed by atoms with Gasteiger partial charge in [0.2, 0.25) is 10.0 Å². The molecule has 0 saturated heterocycles. The van der Waals surface area contributed by atoms with Crippen LogP contribution in [-0.4, -0.2) is 21.5 Å². The molecular weight excluding hydrogens is 248 g/mol. The molecule has 1 heterocycles. The Morgan fingerprint density at radius 3 is 2.94 bits per heavy atom. The zero-order valence-electron chi connectivity index (χ0n) is 10.3. The molecule has 0 radical (unpaired) electrons. The summed E-state index contributed by atoms with van der Waals surface area (Å²) >= 11 is 0.